The van der Waals surface area contributed by atoms with Gasteiger partial charge in [-0.3, -0.25) is 0 Å². The van der Waals surface area contributed by atoms with Crippen molar-refractivity contribution in [3.63, 3.8) is 0 Å². The smallest absolute Gasteiger partial charge is 0.410 e. The zero-order chi connectivity index (χ0) is 16.8. The van der Waals surface area contributed by atoms with E-state index in [9.17, 15) is 4.79 Å². The van der Waals surface area contributed by atoms with Crippen molar-refractivity contribution in [3.05, 3.63) is 59.7 Å². The van der Waals surface area contributed by atoms with Crippen LogP contribution in [0, 0.1) is 13.8 Å². The molecule has 0 bridgehead atoms. The molecule has 0 radical (unpaired) electrons. The molecule has 4 heteroatoms. The molecule has 2 aromatic rings. The van der Waals surface area contributed by atoms with Crippen LogP contribution in [0.15, 0.2) is 48.5 Å². The van der Waals surface area contributed by atoms with Crippen molar-refractivity contribution in [2.45, 2.75) is 33.9 Å². The second kappa shape index (κ2) is 7.68. The summed E-state index contributed by atoms with van der Waals surface area (Å²) in [4.78, 5) is 14.0. The minimum Gasteiger partial charge on any atom is -0.410 e. The molecule has 23 heavy (non-hydrogen) atoms. The Bertz CT molecular complexity index is 635. The quantitative estimate of drug-likeness (QED) is 0.456. The molecule has 0 fully saturated rings. The summed E-state index contributed by atoms with van der Waals surface area (Å²) in [7, 11) is 0. The molecule has 0 aromatic heterocycles. The van der Waals surface area contributed by atoms with E-state index >= 15 is 0 Å². The van der Waals surface area contributed by atoms with Gasteiger partial charge in [0.25, 0.3) is 0 Å². The lowest BCUT2D eigenvalue weighted by molar-refractivity contribution is 0.0645. The van der Waals surface area contributed by atoms with E-state index in [0.717, 1.165) is 23.4 Å². The number of carbonyl (C=O) groups excluding carboxylic acids is 1. The van der Waals surface area contributed by atoms with E-state index in [-0.39, 0.29) is 0 Å². The number of anilines is 1. The second-order valence-electron chi connectivity index (χ2n) is 5.51. The molecule has 1 unspecified atom stereocenters. The zero-order valence-corrected chi connectivity index (χ0v) is 14.1. The first-order valence-corrected chi connectivity index (χ1v) is 7.78. The number of nitrogens with zero attached hydrogens (tertiary/aromatic N) is 1. The van der Waals surface area contributed by atoms with Gasteiger partial charge in [-0.05, 0) is 63.1 Å². The summed E-state index contributed by atoms with van der Waals surface area (Å²) in [5, 5.41) is 0. The third kappa shape index (κ3) is 4.74. The molecule has 0 saturated heterocycles. The summed E-state index contributed by atoms with van der Waals surface area (Å²) in [5.41, 5.74) is 3.09. The molecule has 0 amide bonds. The number of carbonyl (C=O) groups is 1. The van der Waals surface area contributed by atoms with Crippen LogP contribution in [0.5, 0.6) is 5.75 Å². The van der Waals surface area contributed by atoms with E-state index in [2.05, 4.69) is 0 Å². The van der Waals surface area contributed by atoms with Crippen LogP contribution in [0.1, 0.15) is 25.0 Å². The number of rotatable bonds is 5. The lowest BCUT2D eigenvalue weighted by atomic mass is 10.1. The predicted octanol–water partition coefficient (Wildman–Crippen LogP) is 4.69. The van der Waals surface area contributed by atoms with E-state index in [1.165, 1.54) is 0 Å². The summed E-state index contributed by atoms with van der Waals surface area (Å²) in [6.45, 7) is 8.49. The topological polar surface area (TPSA) is 38.8 Å². The van der Waals surface area contributed by atoms with Crippen molar-refractivity contribution < 1.29 is 14.3 Å². The highest BCUT2D eigenvalue weighted by Crippen LogP contribution is 2.19. The highest BCUT2D eigenvalue weighted by Gasteiger charge is 2.18. The van der Waals surface area contributed by atoms with Crippen LogP contribution in [0.25, 0.3) is 0 Å². The lowest BCUT2D eigenvalue weighted by Crippen LogP contribution is -2.37. The Morgan fingerprint density at radius 3 is 2.26 bits per heavy atom. The van der Waals surface area contributed by atoms with E-state index in [1.54, 1.807) is 0 Å². The van der Waals surface area contributed by atoms with Crippen LogP contribution in [0.3, 0.4) is 0 Å². The molecule has 2 aromatic carbocycles. The number of benzene rings is 2. The van der Waals surface area contributed by atoms with Gasteiger partial charge in [0, 0.05) is 12.2 Å². The molecule has 0 heterocycles. The monoisotopic (exact) mass is 313 g/mol. The third-order valence-corrected chi connectivity index (χ3v) is 3.53. The Morgan fingerprint density at radius 2 is 1.70 bits per heavy atom. The zero-order valence-electron chi connectivity index (χ0n) is 14.1. The lowest BCUT2D eigenvalue weighted by Gasteiger charge is -2.29. The van der Waals surface area contributed by atoms with Gasteiger partial charge in [-0.15, -0.1) is 0 Å². The minimum atomic E-state index is -0.697. The van der Waals surface area contributed by atoms with Crippen LogP contribution in [-0.4, -0.2) is 18.9 Å². The van der Waals surface area contributed by atoms with Crippen LogP contribution in [0.4, 0.5) is 10.5 Å². The molecular weight excluding hydrogens is 290 g/mol. The summed E-state index contributed by atoms with van der Waals surface area (Å²) < 4.78 is 10.7. The van der Waals surface area contributed by atoms with Crippen LogP contribution in [-0.2, 0) is 4.74 Å². The van der Waals surface area contributed by atoms with Gasteiger partial charge in [-0.1, -0.05) is 24.3 Å². The van der Waals surface area contributed by atoms with E-state index in [1.807, 2.05) is 81.1 Å². The predicted molar refractivity (Wildman–Crippen MR) is 91.9 cm³/mol. The maximum atomic E-state index is 12.0. The Hall–Kier alpha value is -2.49. The van der Waals surface area contributed by atoms with Gasteiger partial charge in [-0.2, -0.15) is 0 Å². The Labute approximate surface area is 137 Å². The highest BCUT2D eigenvalue weighted by atomic mass is 16.7. The molecule has 1 atom stereocenters. The number of aryl methyl sites for hydroxylation is 2. The molecule has 4 nitrogen and oxygen atoms in total. The molecule has 0 aliphatic heterocycles. The number of ether oxygens (including phenoxy) is 2. The van der Waals surface area contributed by atoms with Crippen molar-refractivity contribution in [1.82, 2.24) is 0 Å². The second-order valence-corrected chi connectivity index (χ2v) is 5.51. The van der Waals surface area contributed by atoms with Crippen molar-refractivity contribution >= 4 is 11.8 Å². The van der Waals surface area contributed by atoms with Gasteiger partial charge < -0.3 is 14.4 Å². The van der Waals surface area contributed by atoms with Crippen LogP contribution in [0.2, 0.25) is 0 Å². The highest BCUT2D eigenvalue weighted by molar-refractivity contribution is 5.64. The fraction of sp³-hybridized carbons (Fsp3) is 0.316. The van der Waals surface area contributed by atoms with Gasteiger partial charge in [0.05, 0.1) is 0 Å². The molecule has 0 N–H and O–H groups in total. The van der Waals surface area contributed by atoms with E-state index in [4.69, 9.17) is 9.47 Å². The summed E-state index contributed by atoms with van der Waals surface area (Å²) in [6.07, 6.45) is -1.11. The number of hydrogen-bond donors (Lipinski definition) is 0. The SMILES string of the molecule is CCN(c1ccccc1)C(C)OC(=O)Oc1cc(C)cc(C)c1. The third-order valence-electron chi connectivity index (χ3n) is 3.53. The molecule has 122 valence electrons. The average Bonchev–Trinajstić information content (AvgIpc) is 2.47. The summed E-state index contributed by atoms with van der Waals surface area (Å²) >= 11 is 0. The first-order valence-electron chi connectivity index (χ1n) is 7.78. The van der Waals surface area contributed by atoms with Crippen molar-refractivity contribution in [2.24, 2.45) is 0 Å². The molecule has 0 saturated carbocycles. The van der Waals surface area contributed by atoms with E-state index in [0.29, 0.717) is 5.75 Å². The number of para-hydroxylation sites is 1. The van der Waals surface area contributed by atoms with E-state index < -0.39 is 12.4 Å². The van der Waals surface area contributed by atoms with Crippen molar-refractivity contribution in [2.75, 3.05) is 11.4 Å². The maximum Gasteiger partial charge on any atom is 0.515 e. The molecule has 2 rings (SSSR count). The standard InChI is InChI=1S/C19H23NO3/c1-5-20(17-9-7-6-8-10-17)16(4)22-19(21)23-18-12-14(2)11-15(3)13-18/h6-13,16H,5H2,1-4H3. The Kier molecular flexibility index (Phi) is 5.63. The van der Waals surface area contributed by atoms with Crippen molar-refractivity contribution in [3.8, 4) is 5.75 Å². The van der Waals surface area contributed by atoms with Crippen LogP contribution >= 0.6 is 0 Å². The Balaban J connectivity index is 2.01. The molecule has 0 spiro atoms. The maximum absolute atomic E-state index is 12.0. The van der Waals surface area contributed by atoms with Gasteiger partial charge in [-0.25, -0.2) is 4.79 Å². The average molecular weight is 313 g/mol. The largest absolute Gasteiger partial charge is 0.515 e. The number of hydrogen-bond acceptors (Lipinski definition) is 4. The van der Waals surface area contributed by atoms with Gasteiger partial charge in [0.1, 0.15) is 5.75 Å². The first-order chi connectivity index (χ1) is 11.0. The normalized spacial score (nSPS) is 11.7. The fourth-order valence-corrected chi connectivity index (χ4v) is 2.58. The van der Waals surface area contributed by atoms with Gasteiger partial charge >= 0.3 is 6.16 Å². The van der Waals surface area contributed by atoms with Gasteiger partial charge in [0.15, 0.2) is 6.23 Å². The summed E-state index contributed by atoms with van der Waals surface area (Å²) in [6, 6.07) is 15.5. The van der Waals surface area contributed by atoms with Crippen LogP contribution < -0.4 is 9.64 Å². The van der Waals surface area contributed by atoms with Gasteiger partial charge in [0.2, 0.25) is 0 Å². The Morgan fingerprint density at radius 1 is 1.09 bits per heavy atom. The fourth-order valence-electron chi connectivity index (χ4n) is 2.58. The minimum absolute atomic E-state index is 0.416. The molecule has 0 aliphatic rings. The first kappa shape index (κ1) is 16.9. The molecule has 0 aliphatic carbocycles. The molecular formula is C19H23NO3. The summed E-state index contributed by atoms with van der Waals surface area (Å²) in [5.74, 6) is 0.502. The van der Waals surface area contributed by atoms with Crippen molar-refractivity contribution in [1.29, 1.82) is 0 Å².